The number of hydrogen-bond acceptors (Lipinski definition) is 3. The Kier molecular flexibility index (Phi) is 3.79. The average Bonchev–Trinajstić information content (AvgIpc) is 2.21. The highest BCUT2D eigenvalue weighted by atomic mass is 16.4. The van der Waals surface area contributed by atoms with Crippen molar-refractivity contribution in [1.82, 2.24) is 9.55 Å². The number of carboxylic acid groups (broad SMARTS) is 1. The summed E-state index contributed by atoms with van der Waals surface area (Å²) in [5.41, 5.74) is -2.06. The van der Waals surface area contributed by atoms with Crippen LogP contribution in [0.15, 0.2) is 15.8 Å². The molecule has 1 aromatic heterocycles. The van der Waals surface area contributed by atoms with Gasteiger partial charge < -0.3 is 5.11 Å². The van der Waals surface area contributed by atoms with Crippen molar-refractivity contribution in [3.63, 3.8) is 0 Å². The number of carbonyl (C=O) groups is 1. The largest absolute Gasteiger partial charge is 0.477 e. The minimum atomic E-state index is -1.34. The number of rotatable bonds is 4. The molecule has 6 heteroatoms. The molecular formula is C12H18N2O4. The standard InChI is InChI=1S/C12H18N2O4/c1-7(2)12(3,4)6-14-5-8(10(16)17)9(15)13-11(14)18/h5,7H,6H2,1-4H3,(H,16,17)(H,13,15,18). The van der Waals surface area contributed by atoms with Gasteiger partial charge in [0.05, 0.1) is 0 Å². The number of hydrogen-bond donors (Lipinski definition) is 2. The van der Waals surface area contributed by atoms with Crippen LogP contribution in [0.5, 0.6) is 0 Å². The topological polar surface area (TPSA) is 92.2 Å². The lowest BCUT2D eigenvalue weighted by atomic mass is 9.81. The molecule has 0 unspecified atom stereocenters. The van der Waals surface area contributed by atoms with Crippen LogP contribution in [0.1, 0.15) is 38.1 Å². The van der Waals surface area contributed by atoms with E-state index in [0.717, 1.165) is 6.20 Å². The first-order valence-corrected chi connectivity index (χ1v) is 5.72. The van der Waals surface area contributed by atoms with Gasteiger partial charge in [-0.2, -0.15) is 0 Å². The van der Waals surface area contributed by atoms with Crippen LogP contribution in [0.2, 0.25) is 0 Å². The van der Waals surface area contributed by atoms with Gasteiger partial charge in [-0.1, -0.05) is 27.7 Å². The van der Waals surface area contributed by atoms with Gasteiger partial charge in [0.25, 0.3) is 5.56 Å². The highest BCUT2D eigenvalue weighted by Crippen LogP contribution is 2.27. The summed E-state index contributed by atoms with van der Waals surface area (Å²) in [6.07, 6.45) is 1.10. The minimum Gasteiger partial charge on any atom is -0.477 e. The maximum absolute atomic E-state index is 11.6. The van der Waals surface area contributed by atoms with Crippen molar-refractivity contribution in [3.8, 4) is 0 Å². The normalized spacial score (nSPS) is 11.8. The SMILES string of the molecule is CC(C)C(C)(C)Cn1cc(C(=O)O)c(=O)[nH]c1=O. The molecule has 0 aliphatic carbocycles. The van der Waals surface area contributed by atoms with E-state index in [9.17, 15) is 14.4 Å². The molecule has 18 heavy (non-hydrogen) atoms. The summed E-state index contributed by atoms with van der Waals surface area (Å²) in [6.45, 7) is 8.36. The van der Waals surface area contributed by atoms with E-state index < -0.39 is 22.8 Å². The maximum Gasteiger partial charge on any atom is 0.342 e. The average molecular weight is 254 g/mol. The highest BCUT2D eigenvalue weighted by molar-refractivity contribution is 5.86. The first-order chi connectivity index (χ1) is 8.15. The van der Waals surface area contributed by atoms with E-state index in [1.807, 2.05) is 32.7 Å². The van der Waals surface area contributed by atoms with Crippen molar-refractivity contribution in [2.75, 3.05) is 0 Å². The van der Waals surface area contributed by atoms with Gasteiger partial charge in [-0.3, -0.25) is 14.3 Å². The van der Waals surface area contributed by atoms with Gasteiger partial charge >= 0.3 is 11.7 Å². The molecule has 0 radical (unpaired) electrons. The number of H-pyrrole nitrogens is 1. The van der Waals surface area contributed by atoms with E-state index in [1.165, 1.54) is 4.57 Å². The molecule has 1 aromatic rings. The summed E-state index contributed by atoms with van der Waals surface area (Å²) in [7, 11) is 0. The fourth-order valence-electron chi connectivity index (χ4n) is 1.40. The number of aromatic amines is 1. The zero-order valence-electron chi connectivity index (χ0n) is 11.0. The first kappa shape index (κ1) is 14.2. The second-order valence-electron chi connectivity index (χ2n) is 5.38. The van der Waals surface area contributed by atoms with Crippen molar-refractivity contribution in [2.24, 2.45) is 11.3 Å². The van der Waals surface area contributed by atoms with Crippen LogP contribution < -0.4 is 11.2 Å². The molecule has 0 aliphatic rings. The highest BCUT2D eigenvalue weighted by Gasteiger charge is 2.24. The minimum absolute atomic E-state index is 0.183. The van der Waals surface area contributed by atoms with Crippen molar-refractivity contribution >= 4 is 5.97 Å². The Morgan fingerprint density at radius 2 is 2.00 bits per heavy atom. The summed E-state index contributed by atoms with van der Waals surface area (Å²) in [5, 5.41) is 8.85. The molecule has 2 N–H and O–H groups in total. The van der Waals surface area contributed by atoms with Crippen LogP contribution >= 0.6 is 0 Å². The van der Waals surface area contributed by atoms with Crippen LogP contribution in [0.4, 0.5) is 0 Å². The van der Waals surface area contributed by atoms with E-state index >= 15 is 0 Å². The van der Waals surface area contributed by atoms with Crippen molar-refractivity contribution in [1.29, 1.82) is 0 Å². The predicted molar refractivity (Wildman–Crippen MR) is 66.9 cm³/mol. The lowest BCUT2D eigenvalue weighted by molar-refractivity contribution is 0.0693. The van der Waals surface area contributed by atoms with Gasteiger partial charge in [-0.15, -0.1) is 0 Å². The molecule has 0 bridgehead atoms. The van der Waals surface area contributed by atoms with Crippen LogP contribution in [-0.2, 0) is 6.54 Å². The Hall–Kier alpha value is -1.85. The van der Waals surface area contributed by atoms with Gasteiger partial charge in [-0.05, 0) is 11.3 Å². The van der Waals surface area contributed by atoms with Crippen molar-refractivity contribution in [2.45, 2.75) is 34.2 Å². The second kappa shape index (κ2) is 4.80. The Bertz CT molecular complexity index is 566. The van der Waals surface area contributed by atoms with Gasteiger partial charge in [-0.25, -0.2) is 9.59 Å². The number of aromatic nitrogens is 2. The predicted octanol–water partition coefficient (Wildman–Crippen LogP) is 0.917. The zero-order chi connectivity index (χ0) is 14.1. The van der Waals surface area contributed by atoms with Crippen molar-refractivity contribution in [3.05, 3.63) is 32.6 Å². The molecule has 0 saturated heterocycles. The third kappa shape index (κ3) is 2.88. The third-order valence-corrected chi connectivity index (χ3v) is 3.38. The molecular weight excluding hydrogens is 236 g/mol. The van der Waals surface area contributed by atoms with E-state index in [2.05, 4.69) is 0 Å². The third-order valence-electron chi connectivity index (χ3n) is 3.38. The smallest absolute Gasteiger partial charge is 0.342 e. The molecule has 1 heterocycles. The van der Waals surface area contributed by atoms with Crippen LogP contribution in [0.3, 0.4) is 0 Å². The lowest BCUT2D eigenvalue weighted by Gasteiger charge is -2.29. The van der Waals surface area contributed by atoms with Crippen LogP contribution in [0, 0.1) is 11.3 Å². The quantitative estimate of drug-likeness (QED) is 0.835. The first-order valence-electron chi connectivity index (χ1n) is 5.72. The van der Waals surface area contributed by atoms with E-state index in [-0.39, 0.29) is 5.41 Å². The summed E-state index contributed by atoms with van der Waals surface area (Å²) in [4.78, 5) is 35.8. The number of carboxylic acids is 1. The fourth-order valence-corrected chi connectivity index (χ4v) is 1.40. The van der Waals surface area contributed by atoms with Crippen molar-refractivity contribution < 1.29 is 9.90 Å². The summed E-state index contributed by atoms with van der Waals surface area (Å²) in [5.74, 6) is -1.03. The molecule has 0 atom stereocenters. The molecule has 1 rings (SSSR count). The molecule has 6 nitrogen and oxygen atoms in total. The summed E-state index contributed by atoms with van der Waals surface area (Å²) < 4.78 is 1.24. The monoisotopic (exact) mass is 254 g/mol. The molecule has 0 saturated carbocycles. The Morgan fingerprint density at radius 3 is 2.44 bits per heavy atom. The van der Waals surface area contributed by atoms with Gasteiger partial charge in [0.2, 0.25) is 0 Å². The Balaban J connectivity index is 3.27. The number of nitrogens with one attached hydrogen (secondary N) is 1. The van der Waals surface area contributed by atoms with E-state index in [4.69, 9.17) is 5.11 Å². The Labute approximate surface area is 104 Å². The lowest BCUT2D eigenvalue weighted by Crippen LogP contribution is -2.37. The molecule has 0 aromatic carbocycles. The molecule has 0 spiro atoms. The molecule has 0 aliphatic heterocycles. The summed E-state index contributed by atoms with van der Waals surface area (Å²) >= 11 is 0. The number of nitrogens with zero attached hydrogens (tertiary/aromatic N) is 1. The zero-order valence-corrected chi connectivity index (χ0v) is 11.0. The summed E-state index contributed by atoms with van der Waals surface area (Å²) in [6, 6.07) is 0. The fraction of sp³-hybridized carbons (Fsp3) is 0.583. The van der Waals surface area contributed by atoms with E-state index in [0.29, 0.717) is 12.5 Å². The second-order valence-corrected chi connectivity index (χ2v) is 5.38. The maximum atomic E-state index is 11.6. The molecule has 0 fully saturated rings. The molecule has 100 valence electrons. The van der Waals surface area contributed by atoms with Gasteiger partial charge in [0.15, 0.2) is 0 Å². The van der Waals surface area contributed by atoms with Crippen LogP contribution in [0.25, 0.3) is 0 Å². The Morgan fingerprint density at radius 1 is 1.44 bits per heavy atom. The number of aromatic carboxylic acids is 1. The van der Waals surface area contributed by atoms with Gasteiger partial charge in [0.1, 0.15) is 5.56 Å². The van der Waals surface area contributed by atoms with E-state index in [1.54, 1.807) is 0 Å². The molecule has 0 amide bonds. The van der Waals surface area contributed by atoms with Gasteiger partial charge in [0, 0.05) is 12.7 Å². The van der Waals surface area contributed by atoms with Crippen LogP contribution in [-0.4, -0.2) is 20.6 Å².